The van der Waals surface area contributed by atoms with Crippen LogP contribution in [0.3, 0.4) is 0 Å². The van der Waals surface area contributed by atoms with E-state index >= 15 is 0 Å². The second-order valence-corrected chi connectivity index (χ2v) is 7.50. The Kier molecular flexibility index (Phi) is 9.26. The number of nitrogens with one attached hydrogen (secondary N) is 1. The first-order valence-electron chi connectivity index (χ1n) is 8.83. The van der Waals surface area contributed by atoms with Gasteiger partial charge in [0.05, 0.1) is 16.3 Å². The van der Waals surface area contributed by atoms with Crippen molar-refractivity contribution in [1.29, 1.82) is 0 Å². The molecule has 3 rings (SSSR count). The summed E-state index contributed by atoms with van der Waals surface area (Å²) in [5.41, 5.74) is 6.32. The Morgan fingerprint density at radius 3 is 2.81 bits per heavy atom. The number of hydrogen-bond acceptors (Lipinski definition) is 6. The molecule has 1 radical (unpaired) electrons. The third-order valence-corrected chi connectivity index (χ3v) is 5.47. The molecule has 2 heterocycles. The molecule has 1 unspecified atom stereocenters. The molecule has 1 saturated heterocycles. The Hall–Kier alpha value is -0.428. The maximum atomic E-state index is 12.9. The quantitative estimate of drug-likeness (QED) is 0.314. The van der Waals surface area contributed by atoms with E-state index in [4.69, 9.17) is 5.73 Å². The van der Waals surface area contributed by atoms with Crippen molar-refractivity contribution in [3.63, 3.8) is 0 Å². The van der Waals surface area contributed by atoms with Crippen LogP contribution < -0.4 is 11.1 Å². The maximum absolute atomic E-state index is 12.9. The molecule has 7 nitrogen and oxygen atoms in total. The summed E-state index contributed by atoms with van der Waals surface area (Å²) in [7, 11) is 0. The van der Waals surface area contributed by atoms with Crippen LogP contribution >= 0.6 is 11.3 Å². The van der Waals surface area contributed by atoms with E-state index in [-0.39, 0.29) is 62.3 Å². The van der Waals surface area contributed by atoms with Crippen molar-refractivity contribution in [2.45, 2.75) is 43.9 Å². The number of aliphatic hydroxyl groups is 1. The summed E-state index contributed by atoms with van der Waals surface area (Å²) in [6, 6.07) is 6.33. The van der Waals surface area contributed by atoms with Gasteiger partial charge in [-0.2, -0.15) is 0 Å². The summed E-state index contributed by atoms with van der Waals surface area (Å²) >= 11 is 1.33. The van der Waals surface area contributed by atoms with Crippen LogP contribution in [0.4, 0.5) is 0 Å². The third-order valence-electron chi connectivity index (χ3n) is 4.42. The number of carbonyl (C=O) groups is 2. The van der Waals surface area contributed by atoms with E-state index in [1.165, 1.54) is 11.3 Å². The number of para-hydroxylation sites is 1. The first kappa shape index (κ1) is 22.9. The monoisotopic (exact) mass is 602 g/mol. The fourth-order valence-electron chi connectivity index (χ4n) is 3.00. The minimum Gasteiger partial charge on any atom is -0.650 e. The molecule has 1 aromatic carbocycles. The largest absolute Gasteiger partial charge is 0.650 e. The molecule has 0 aliphatic carbocycles. The molecule has 1 fully saturated rings. The normalized spacial score (nSPS) is 20.2. The van der Waals surface area contributed by atoms with Gasteiger partial charge >= 0.3 is 0 Å². The zero-order chi connectivity index (χ0) is 18.5. The predicted octanol–water partition coefficient (Wildman–Crippen LogP) is 1.60. The third kappa shape index (κ3) is 6.02. The van der Waals surface area contributed by atoms with Crippen molar-refractivity contribution in [3.05, 3.63) is 34.6 Å². The number of aliphatic hydroxyl groups excluding tert-OH is 1. The first-order valence-corrected chi connectivity index (χ1v) is 9.65. The van der Waals surface area contributed by atoms with E-state index in [1.807, 2.05) is 24.3 Å². The summed E-state index contributed by atoms with van der Waals surface area (Å²) in [4.78, 5) is 29.8. The number of rotatable bonds is 8. The number of amides is 1. The van der Waals surface area contributed by atoms with Gasteiger partial charge in [0.15, 0.2) is 5.01 Å². The Morgan fingerprint density at radius 2 is 2.15 bits per heavy atom. The molecule has 0 saturated carbocycles. The average molecular weight is 602 g/mol. The molecule has 0 spiro atoms. The van der Waals surface area contributed by atoms with Gasteiger partial charge in [-0.1, -0.05) is 18.2 Å². The fourth-order valence-corrected chi connectivity index (χ4v) is 3.96. The number of carbonyl (C=O) groups excluding carboxylic acids is 2. The van der Waals surface area contributed by atoms with Crippen molar-refractivity contribution in [3.8, 4) is 0 Å². The zero-order valence-electron chi connectivity index (χ0n) is 15.0. The van der Waals surface area contributed by atoms with E-state index in [0.717, 1.165) is 23.1 Å². The number of benzene rings is 1. The number of nitrogens with zero attached hydrogens (tertiary/aromatic N) is 2. The second kappa shape index (κ2) is 10.9. The van der Waals surface area contributed by atoms with E-state index in [1.54, 1.807) is 0 Å². The SMILES string of the molecule is NCCCCC(NC(=O)[C@@H]1C[C@@H](O)C[N-]1)C(=O)c1nc2ccccc2s1.[Ac]. The summed E-state index contributed by atoms with van der Waals surface area (Å²) < 4.78 is 0.941. The van der Waals surface area contributed by atoms with Crippen LogP contribution in [0.15, 0.2) is 24.3 Å². The van der Waals surface area contributed by atoms with Crippen LogP contribution in [0, 0.1) is 44.1 Å². The molecule has 1 aliphatic heterocycles. The standard InChI is InChI=1S/C18H23N4O3S.Ac/c19-8-4-3-6-13(21-17(25)14-9-11(23)10-20-14)16(24)18-22-12-5-1-2-7-15(12)26-18;/h1-2,5,7,11,13-14,23H,3-4,6,8-10,19H2,(H,21,25);/q-1;/t11-,13?,14+;/m1./s1. The summed E-state index contributed by atoms with van der Waals surface area (Å²) in [5, 5.41) is 16.9. The maximum Gasteiger partial charge on any atom is 0.213 e. The Labute approximate surface area is 198 Å². The number of fused-ring (bicyclic) bond motifs is 1. The molecule has 2 aromatic rings. The molecule has 1 aliphatic rings. The van der Waals surface area contributed by atoms with Gasteiger partial charge in [0, 0.05) is 50.2 Å². The molecule has 1 amide bonds. The molecule has 3 atom stereocenters. The van der Waals surface area contributed by atoms with Gasteiger partial charge in [0.2, 0.25) is 11.7 Å². The number of thiazole rings is 1. The Balaban J connectivity index is 0.00000261. The summed E-state index contributed by atoms with van der Waals surface area (Å²) in [6.45, 7) is 0.807. The van der Waals surface area contributed by atoms with E-state index in [2.05, 4.69) is 15.6 Å². The van der Waals surface area contributed by atoms with Crippen molar-refractivity contribution < 1.29 is 58.8 Å². The Morgan fingerprint density at radius 1 is 1.37 bits per heavy atom. The smallest absolute Gasteiger partial charge is 0.213 e. The number of aromatic nitrogens is 1. The van der Waals surface area contributed by atoms with Crippen LogP contribution in [0.2, 0.25) is 0 Å². The van der Waals surface area contributed by atoms with Gasteiger partial charge < -0.3 is 21.5 Å². The van der Waals surface area contributed by atoms with Crippen LogP contribution in [0.5, 0.6) is 0 Å². The van der Waals surface area contributed by atoms with E-state index in [9.17, 15) is 14.7 Å². The molecule has 4 N–H and O–H groups in total. The van der Waals surface area contributed by atoms with E-state index in [0.29, 0.717) is 24.4 Å². The summed E-state index contributed by atoms with van der Waals surface area (Å²) in [5.74, 6) is -0.496. The van der Waals surface area contributed by atoms with Crippen LogP contribution in [0.25, 0.3) is 15.5 Å². The molecule has 27 heavy (non-hydrogen) atoms. The molecular formula is C18H23AcN4O3S-. The minimum atomic E-state index is -0.650. The van der Waals surface area contributed by atoms with Gasteiger partial charge in [0.25, 0.3) is 0 Å². The molecule has 143 valence electrons. The number of ketones is 1. The van der Waals surface area contributed by atoms with Crippen LogP contribution in [-0.2, 0) is 4.79 Å². The average Bonchev–Trinajstić information content (AvgIpc) is 3.26. The number of unbranched alkanes of at least 4 members (excludes halogenated alkanes) is 1. The minimum absolute atomic E-state index is 0. The molecule has 1 aromatic heterocycles. The van der Waals surface area contributed by atoms with Crippen LogP contribution in [-0.4, -0.2) is 53.1 Å². The van der Waals surface area contributed by atoms with E-state index < -0.39 is 18.2 Å². The molecule has 9 heteroatoms. The number of hydrogen-bond donors (Lipinski definition) is 3. The van der Waals surface area contributed by atoms with Crippen molar-refractivity contribution in [2.24, 2.45) is 5.73 Å². The molecular weight excluding hydrogens is 579 g/mol. The van der Waals surface area contributed by atoms with Gasteiger partial charge in [-0.3, -0.25) is 9.59 Å². The van der Waals surface area contributed by atoms with Gasteiger partial charge in [-0.05, 0) is 44.4 Å². The van der Waals surface area contributed by atoms with Crippen LogP contribution in [0.1, 0.15) is 35.5 Å². The first-order chi connectivity index (χ1) is 12.6. The van der Waals surface area contributed by atoms with Crippen molar-refractivity contribution in [1.82, 2.24) is 10.3 Å². The second-order valence-electron chi connectivity index (χ2n) is 6.47. The Bertz CT molecular complexity index is 752. The van der Waals surface area contributed by atoms with Gasteiger partial charge in [0.1, 0.15) is 0 Å². The van der Waals surface area contributed by atoms with Gasteiger partial charge in [-0.25, -0.2) is 4.98 Å². The van der Waals surface area contributed by atoms with Gasteiger partial charge in [-0.15, -0.1) is 17.9 Å². The fraction of sp³-hybridized carbons (Fsp3) is 0.500. The number of Topliss-reactive ketones (excluding diaryl/α,β-unsaturated/α-hetero) is 1. The van der Waals surface area contributed by atoms with Crippen molar-refractivity contribution >= 4 is 33.2 Å². The summed E-state index contributed by atoms with van der Waals surface area (Å²) in [6.07, 6.45) is 1.75. The zero-order valence-corrected chi connectivity index (χ0v) is 20.6. The number of nitrogens with two attached hydrogens (primary N) is 1. The van der Waals surface area contributed by atoms with Crippen molar-refractivity contribution in [2.75, 3.05) is 13.1 Å². The topological polar surface area (TPSA) is 119 Å². The molecule has 0 bridgehead atoms. The predicted molar refractivity (Wildman–Crippen MR) is 101 cm³/mol.